The summed E-state index contributed by atoms with van der Waals surface area (Å²) in [7, 11) is -3.63. The van der Waals surface area contributed by atoms with Gasteiger partial charge >= 0.3 is 0 Å². The predicted molar refractivity (Wildman–Crippen MR) is 132 cm³/mol. The number of aromatic nitrogens is 2. The van der Waals surface area contributed by atoms with Gasteiger partial charge in [-0.1, -0.05) is 29.0 Å². The van der Waals surface area contributed by atoms with Crippen molar-refractivity contribution in [3.63, 3.8) is 0 Å². The number of hydrogen-bond donors (Lipinski definition) is 0. The summed E-state index contributed by atoms with van der Waals surface area (Å²) in [5.74, 6) is -0.979. The standard InChI is InChI=1S/C24H21ClFN3O3S2/c1-16-20(25)10-11-21-23(16)28-24(33-21)29(15-17-4-2-12-27-14-17)22(30)5-3-13-34(31,32)19-8-6-18(26)7-9-19/h2,4,6-12,14H,3,5,13,15H2,1H3. The van der Waals surface area contributed by atoms with Gasteiger partial charge in [0.1, 0.15) is 5.82 Å². The second-order valence-corrected chi connectivity index (χ2v) is 11.3. The number of pyridine rings is 1. The van der Waals surface area contributed by atoms with Gasteiger partial charge in [0.2, 0.25) is 5.91 Å². The number of amides is 1. The Morgan fingerprint density at radius 1 is 1.15 bits per heavy atom. The third kappa shape index (κ3) is 5.43. The monoisotopic (exact) mass is 517 g/mol. The fourth-order valence-corrected chi connectivity index (χ4v) is 5.95. The second kappa shape index (κ2) is 10.2. The van der Waals surface area contributed by atoms with Crippen LogP contribution in [0.4, 0.5) is 9.52 Å². The van der Waals surface area contributed by atoms with Gasteiger partial charge in [0, 0.05) is 23.8 Å². The van der Waals surface area contributed by atoms with E-state index in [1.807, 2.05) is 19.1 Å². The average molecular weight is 518 g/mol. The lowest BCUT2D eigenvalue weighted by Crippen LogP contribution is -2.30. The lowest BCUT2D eigenvalue weighted by atomic mass is 10.2. The summed E-state index contributed by atoms with van der Waals surface area (Å²) in [6.07, 6.45) is 3.46. The molecule has 176 valence electrons. The van der Waals surface area contributed by atoms with Crippen molar-refractivity contribution in [3.8, 4) is 0 Å². The summed E-state index contributed by atoms with van der Waals surface area (Å²) in [6.45, 7) is 2.13. The summed E-state index contributed by atoms with van der Waals surface area (Å²) in [5.41, 5.74) is 2.39. The number of carbonyl (C=O) groups excluding carboxylic acids is 1. The molecule has 4 rings (SSSR count). The maximum absolute atomic E-state index is 13.2. The number of rotatable bonds is 8. The first-order valence-electron chi connectivity index (χ1n) is 10.5. The number of anilines is 1. The first-order valence-corrected chi connectivity index (χ1v) is 13.3. The Balaban J connectivity index is 1.55. The summed E-state index contributed by atoms with van der Waals surface area (Å²) in [4.78, 5) is 23.6. The maximum Gasteiger partial charge on any atom is 0.229 e. The van der Waals surface area contributed by atoms with Crippen LogP contribution in [0.15, 0.2) is 65.8 Å². The molecular formula is C24H21ClFN3O3S2. The number of thiazole rings is 1. The Kier molecular flexibility index (Phi) is 7.25. The number of halogens is 2. The molecule has 0 unspecified atom stereocenters. The van der Waals surface area contributed by atoms with Crippen LogP contribution in [0.25, 0.3) is 10.2 Å². The van der Waals surface area contributed by atoms with Crippen molar-refractivity contribution >= 4 is 54.0 Å². The van der Waals surface area contributed by atoms with Crippen LogP contribution in [0.1, 0.15) is 24.0 Å². The Morgan fingerprint density at radius 2 is 1.91 bits per heavy atom. The van der Waals surface area contributed by atoms with Crippen molar-refractivity contribution in [2.75, 3.05) is 10.7 Å². The van der Waals surface area contributed by atoms with Gasteiger partial charge in [-0.3, -0.25) is 14.7 Å². The van der Waals surface area contributed by atoms with Crippen LogP contribution in [0, 0.1) is 12.7 Å². The highest BCUT2D eigenvalue weighted by atomic mass is 35.5. The van der Waals surface area contributed by atoms with Crippen molar-refractivity contribution in [2.24, 2.45) is 0 Å². The maximum atomic E-state index is 13.2. The molecule has 34 heavy (non-hydrogen) atoms. The zero-order chi connectivity index (χ0) is 24.3. The highest BCUT2D eigenvalue weighted by Crippen LogP contribution is 2.34. The minimum atomic E-state index is -3.63. The molecule has 2 aromatic heterocycles. The Labute approximate surface area is 206 Å². The molecule has 2 heterocycles. The summed E-state index contributed by atoms with van der Waals surface area (Å²) in [5, 5.41) is 1.11. The first-order chi connectivity index (χ1) is 16.2. The third-order valence-corrected chi connectivity index (χ3v) is 8.58. The minimum absolute atomic E-state index is 0.0103. The normalized spacial score (nSPS) is 11.6. The fraction of sp³-hybridized carbons (Fsp3) is 0.208. The Morgan fingerprint density at radius 3 is 2.62 bits per heavy atom. The highest BCUT2D eigenvalue weighted by molar-refractivity contribution is 7.91. The van der Waals surface area contributed by atoms with E-state index in [1.165, 1.54) is 23.5 Å². The quantitative estimate of drug-likeness (QED) is 0.285. The van der Waals surface area contributed by atoms with Gasteiger partial charge in [-0.05, 0) is 66.9 Å². The number of carbonyl (C=O) groups is 1. The highest BCUT2D eigenvalue weighted by Gasteiger charge is 2.22. The van der Waals surface area contributed by atoms with Gasteiger partial charge in [0.25, 0.3) is 0 Å². The number of benzene rings is 2. The van der Waals surface area contributed by atoms with Gasteiger partial charge < -0.3 is 0 Å². The summed E-state index contributed by atoms with van der Waals surface area (Å²) < 4.78 is 39.2. The van der Waals surface area contributed by atoms with Crippen LogP contribution >= 0.6 is 22.9 Å². The van der Waals surface area contributed by atoms with Crippen molar-refractivity contribution < 1.29 is 17.6 Å². The van der Waals surface area contributed by atoms with E-state index in [4.69, 9.17) is 11.6 Å². The van der Waals surface area contributed by atoms with E-state index in [9.17, 15) is 17.6 Å². The van der Waals surface area contributed by atoms with Gasteiger partial charge in [0.15, 0.2) is 15.0 Å². The number of aryl methyl sites for hydroxylation is 1. The fourth-order valence-electron chi connectivity index (χ4n) is 3.45. The van der Waals surface area contributed by atoms with Gasteiger partial charge in [-0.25, -0.2) is 17.8 Å². The molecule has 0 radical (unpaired) electrons. The number of sulfone groups is 1. The lowest BCUT2D eigenvalue weighted by molar-refractivity contribution is -0.118. The van der Waals surface area contributed by atoms with Gasteiger partial charge in [-0.15, -0.1) is 0 Å². The summed E-state index contributed by atoms with van der Waals surface area (Å²) in [6, 6.07) is 12.0. The van der Waals surface area contributed by atoms with Crippen molar-refractivity contribution in [2.45, 2.75) is 31.2 Å². The van der Waals surface area contributed by atoms with Crippen molar-refractivity contribution in [3.05, 3.63) is 82.9 Å². The van der Waals surface area contributed by atoms with Gasteiger partial charge in [0.05, 0.1) is 27.4 Å². The van der Waals surface area contributed by atoms with Crippen LogP contribution in [0.3, 0.4) is 0 Å². The van der Waals surface area contributed by atoms with E-state index in [1.54, 1.807) is 29.4 Å². The Hall–Kier alpha value is -2.88. The molecule has 0 aliphatic heterocycles. The molecule has 10 heteroatoms. The molecular weight excluding hydrogens is 497 g/mol. The SMILES string of the molecule is Cc1c(Cl)ccc2sc(N(Cc3cccnc3)C(=O)CCCS(=O)(=O)c3ccc(F)cc3)nc12. The topological polar surface area (TPSA) is 80.2 Å². The molecule has 6 nitrogen and oxygen atoms in total. The van der Waals surface area contributed by atoms with E-state index < -0.39 is 15.7 Å². The lowest BCUT2D eigenvalue weighted by Gasteiger charge is -2.20. The summed E-state index contributed by atoms with van der Waals surface area (Å²) >= 11 is 7.61. The van der Waals surface area contributed by atoms with E-state index in [0.29, 0.717) is 10.2 Å². The molecule has 0 aliphatic carbocycles. The van der Waals surface area contributed by atoms with Crippen molar-refractivity contribution in [1.29, 1.82) is 0 Å². The molecule has 0 bridgehead atoms. The second-order valence-electron chi connectivity index (χ2n) is 7.73. The van der Waals surface area contributed by atoms with Crippen LogP contribution in [0.5, 0.6) is 0 Å². The zero-order valence-electron chi connectivity index (χ0n) is 18.2. The molecule has 0 atom stereocenters. The number of nitrogens with zero attached hydrogens (tertiary/aromatic N) is 3. The predicted octanol–water partition coefficient (Wildman–Crippen LogP) is 5.58. The molecule has 2 aromatic carbocycles. The number of hydrogen-bond acceptors (Lipinski definition) is 6. The largest absolute Gasteiger partial charge is 0.284 e. The third-order valence-electron chi connectivity index (χ3n) is 5.31. The van der Waals surface area contributed by atoms with Gasteiger partial charge in [-0.2, -0.15) is 0 Å². The van der Waals surface area contributed by atoms with Crippen LogP contribution in [0.2, 0.25) is 5.02 Å². The Bertz CT molecular complexity index is 1430. The van der Waals surface area contributed by atoms with E-state index in [0.717, 1.165) is 33.5 Å². The minimum Gasteiger partial charge on any atom is -0.284 e. The molecule has 4 aromatic rings. The molecule has 0 saturated carbocycles. The molecule has 0 saturated heterocycles. The molecule has 0 spiro atoms. The number of fused-ring (bicyclic) bond motifs is 1. The van der Waals surface area contributed by atoms with E-state index in [2.05, 4.69) is 9.97 Å². The van der Waals surface area contributed by atoms with Crippen LogP contribution < -0.4 is 4.90 Å². The smallest absolute Gasteiger partial charge is 0.229 e. The molecule has 0 fully saturated rings. The molecule has 0 aliphatic rings. The van der Waals surface area contributed by atoms with Crippen molar-refractivity contribution in [1.82, 2.24) is 9.97 Å². The van der Waals surface area contributed by atoms with E-state index in [-0.39, 0.29) is 35.9 Å². The van der Waals surface area contributed by atoms with Crippen LogP contribution in [-0.2, 0) is 21.2 Å². The van der Waals surface area contributed by atoms with E-state index >= 15 is 0 Å². The zero-order valence-corrected chi connectivity index (χ0v) is 20.6. The first kappa shape index (κ1) is 24.3. The average Bonchev–Trinajstić information content (AvgIpc) is 3.25. The molecule has 1 amide bonds. The van der Waals surface area contributed by atoms with Crippen LogP contribution in [-0.4, -0.2) is 30.0 Å². The molecule has 0 N–H and O–H groups in total.